The zero-order chi connectivity index (χ0) is 14.2. The standard InChI is InChI=1S/C18H18FNO/c19-14-5-3-4-12(8-14)13-9-15(10-13)20-17-11-21-18-7-2-1-6-16(17)18/h1-8,13,15,17,20H,9-11H2. The third-order valence-corrected chi connectivity index (χ3v) is 4.59. The van der Waals surface area contributed by atoms with Gasteiger partial charge in [-0.15, -0.1) is 0 Å². The van der Waals surface area contributed by atoms with Crippen LogP contribution in [-0.2, 0) is 0 Å². The van der Waals surface area contributed by atoms with Crippen LogP contribution in [0, 0.1) is 5.82 Å². The predicted molar refractivity (Wildman–Crippen MR) is 80.0 cm³/mol. The van der Waals surface area contributed by atoms with E-state index in [0.29, 0.717) is 24.6 Å². The van der Waals surface area contributed by atoms with Gasteiger partial charge in [-0.3, -0.25) is 0 Å². The molecule has 1 aliphatic heterocycles. The zero-order valence-electron chi connectivity index (χ0n) is 11.8. The molecule has 1 aliphatic carbocycles. The highest BCUT2D eigenvalue weighted by Crippen LogP contribution is 2.40. The van der Waals surface area contributed by atoms with Crippen LogP contribution in [0.3, 0.4) is 0 Å². The van der Waals surface area contributed by atoms with Gasteiger partial charge in [0.1, 0.15) is 18.2 Å². The minimum Gasteiger partial charge on any atom is -0.491 e. The molecule has 3 heteroatoms. The quantitative estimate of drug-likeness (QED) is 0.925. The minimum absolute atomic E-state index is 0.137. The van der Waals surface area contributed by atoms with Gasteiger partial charge in [0, 0.05) is 11.6 Å². The first kappa shape index (κ1) is 12.8. The number of rotatable bonds is 3. The summed E-state index contributed by atoms with van der Waals surface area (Å²) in [5, 5.41) is 3.67. The molecule has 108 valence electrons. The largest absolute Gasteiger partial charge is 0.491 e. The van der Waals surface area contributed by atoms with E-state index in [2.05, 4.69) is 17.4 Å². The van der Waals surface area contributed by atoms with E-state index >= 15 is 0 Å². The average molecular weight is 283 g/mol. The van der Waals surface area contributed by atoms with Crippen molar-refractivity contribution in [3.63, 3.8) is 0 Å². The summed E-state index contributed by atoms with van der Waals surface area (Å²) in [6.07, 6.45) is 2.14. The summed E-state index contributed by atoms with van der Waals surface area (Å²) >= 11 is 0. The molecule has 1 saturated carbocycles. The molecule has 0 amide bonds. The molecule has 4 rings (SSSR count). The SMILES string of the molecule is Fc1cccc(C2CC(NC3COc4ccccc43)C2)c1. The van der Waals surface area contributed by atoms with E-state index in [1.807, 2.05) is 18.2 Å². The molecule has 21 heavy (non-hydrogen) atoms. The van der Waals surface area contributed by atoms with Gasteiger partial charge in [-0.25, -0.2) is 4.39 Å². The Hall–Kier alpha value is -1.87. The van der Waals surface area contributed by atoms with E-state index in [9.17, 15) is 4.39 Å². The Morgan fingerprint density at radius 1 is 1.05 bits per heavy atom. The first-order valence-corrected chi connectivity index (χ1v) is 7.53. The number of hydrogen-bond donors (Lipinski definition) is 1. The molecule has 1 atom stereocenters. The van der Waals surface area contributed by atoms with Crippen molar-refractivity contribution in [2.24, 2.45) is 0 Å². The molecule has 1 unspecified atom stereocenters. The van der Waals surface area contributed by atoms with Crippen molar-refractivity contribution in [3.05, 3.63) is 65.5 Å². The highest BCUT2D eigenvalue weighted by molar-refractivity contribution is 5.39. The fourth-order valence-electron chi connectivity index (χ4n) is 3.37. The molecule has 2 aromatic carbocycles. The van der Waals surface area contributed by atoms with Gasteiger partial charge in [-0.05, 0) is 42.5 Å². The molecule has 2 aliphatic rings. The van der Waals surface area contributed by atoms with Gasteiger partial charge in [0.2, 0.25) is 0 Å². The smallest absolute Gasteiger partial charge is 0.124 e. The van der Waals surface area contributed by atoms with Crippen molar-refractivity contribution in [3.8, 4) is 5.75 Å². The van der Waals surface area contributed by atoms with E-state index in [-0.39, 0.29) is 5.82 Å². The number of benzene rings is 2. The highest BCUT2D eigenvalue weighted by atomic mass is 19.1. The Morgan fingerprint density at radius 2 is 1.90 bits per heavy atom. The number of nitrogens with one attached hydrogen (secondary N) is 1. The molecule has 0 radical (unpaired) electrons. The lowest BCUT2D eigenvalue weighted by Gasteiger charge is -2.38. The minimum atomic E-state index is -0.137. The van der Waals surface area contributed by atoms with Crippen molar-refractivity contribution in [2.45, 2.75) is 30.8 Å². The number of para-hydroxylation sites is 1. The second-order valence-electron chi connectivity index (χ2n) is 5.99. The maximum absolute atomic E-state index is 13.2. The van der Waals surface area contributed by atoms with Gasteiger partial charge >= 0.3 is 0 Å². The maximum atomic E-state index is 13.2. The first-order chi connectivity index (χ1) is 10.3. The summed E-state index contributed by atoms with van der Waals surface area (Å²) in [5.41, 5.74) is 2.38. The van der Waals surface area contributed by atoms with E-state index in [4.69, 9.17) is 4.74 Å². The predicted octanol–water partition coefficient (Wildman–Crippen LogP) is 3.80. The summed E-state index contributed by atoms with van der Waals surface area (Å²) in [6, 6.07) is 16.0. The van der Waals surface area contributed by atoms with Crippen molar-refractivity contribution in [1.29, 1.82) is 0 Å². The van der Waals surface area contributed by atoms with E-state index < -0.39 is 0 Å². The van der Waals surface area contributed by atoms with E-state index in [0.717, 1.165) is 24.2 Å². The lowest BCUT2D eigenvalue weighted by Crippen LogP contribution is -2.42. The normalized spacial score (nSPS) is 26.8. The van der Waals surface area contributed by atoms with Crippen LogP contribution in [0.1, 0.15) is 35.9 Å². The molecule has 2 aromatic rings. The second kappa shape index (κ2) is 5.15. The Labute approximate surface area is 123 Å². The molecule has 1 fully saturated rings. The molecule has 0 aromatic heterocycles. The van der Waals surface area contributed by atoms with Crippen molar-refractivity contribution >= 4 is 0 Å². The van der Waals surface area contributed by atoms with Gasteiger partial charge in [0.25, 0.3) is 0 Å². The van der Waals surface area contributed by atoms with Gasteiger partial charge in [0.15, 0.2) is 0 Å². The van der Waals surface area contributed by atoms with E-state index in [1.165, 1.54) is 11.6 Å². The fraction of sp³-hybridized carbons (Fsp3) is 0.333. The van der Waals surface area contributed by atoms with Crippen molar-refractivity contribution in [2.75, 3.05) is 6.61 Å². The van der Waals surface area contributed by atoms with Crippen LogP contribution < -0.4 is 10.1 Å². The van der Waals surface area contributed by atoms with Crippen LogP contribution in [0.15, 0.2) is 48.5 Å². The Kier molecular flexibility index (Phi) is 3.15. The number of halogens is 1. The lowest BCUT2D eigenvalue weighted by atomic mass is 9.75. The summed E-state index contributed by atoms with van der Waals surface area (Å²) in [4.78, 5) is 0. The molecule has 0 saturated heterocycles. The zero-order valence-corrected chi connectivity index (χ0v) is 11.8. The fourth-order valence-corrected chi connectivity index (χ4v) is 3.37. The van der Waals surface area contributed by atoms with E-state index in [1.54, 1.807) is 12.1 Å². The summed E-state index contributed by atoms with van der Waals surface area (Å²) < 4.78 is 18.9. The van der Waals surface area contributed by atoms with Gasteiger partial charge in [0.05, 0.1) is 6.04 Å². The Bertz CT molecular complexity index is 651. The Balaban J connectivity index is 1.37. The van der Waals surface area contributed by atoms with Crippen LogP contribution >= 0.6 is 0 Å². The third kappa shape index (κ3) is 2.42. The molecule has 0 spiro atoms. The molecular formula is C18H18FNO. The first-order valence-electron chi connectivity index (χ1n) is 7.53. The van der Waals surface area contributed by atoms with Crippen LogP contribution in [0.2, 0.25) is 0 Å². The second-order valence-corrected chi connectivity index (χ2v) is 5.99. The van der Waals surface area contributed by atoms with Crippen LogP contribution in [0.5, 0.6) is 5.75 Å². The van der Waals surface area contributed by atoms with Crippen LogP contribution in [0.25, 0.3) is 0 Å². The molecule has 1 N–H and O–H groups in total. The molecule has 0 bridgehead atoms. The van der Waals surface area contributed by atoms with Gasteiger partial charge in [-0.1, -0.05) is 30.3 Å². The van der Waals surface area contributed by atoms with Crippen molar-refractivity contribution in [1.82, 2.24) is 5.32 Å². The monoisotopic (exact) mass is 283 g/mol. The summed E-state index contributed by atoms with van der Waals surface area (Å²) in [5.74, 6) is 1.34. The molecule has 1 heterocycles. The molecular weight excluding hydrogens is 265 g/mol. The van der Waals surface area contributed by atoms with Crippen LogP contribution in [0.4, 0.5) is 4.39 Å². The summed E-state index contributed by atoms with van der Waals surface area (Å²) in [6.45, 7) is 0.709. The van der Waals surface area contributed by atoms with Crippen molar-refractivity contribution < 1.29 is 9.13 Å². The third-order valence-electron chi connectivity index (χ3n) is 4.59. The number of hydrogen-bond acceptors (Lipinski definition) is 2. The maximum Gasteiger partial charge on any atom is 0.124 e. The topological polar surface area (TPSA) is 21.3 Å². The van der Waals surface area contributed by atoms with Gasteiger partial charge < -0.3 is 10.1 Å². The average Bonchev–Trinajstić information content (AvgIpc) is 2.85. The lowest BCUT2D eigenvalue weighted by molar-refractivity contribution is 0.235. The number of ether oxygens (including phenoxy) is 1. The summed E-state index contributed by atoms with van der Waals surface area (Å²) in [7, 11) is 0. The van der Waals surface area contributed by atoms with Gasteiger partial charge in [-0.2, -0.15) is 0 Å². The number of fused-ring (bicyclic) bond motifs is 1. The Morgan fingerprint density at radius 3 is 2.76 bits per heavy atom. The highest BCUT2D eigenvalue weighted by Gasteiger charge is 2.34. The molecule has 2 nitrogen and oxygen atoms in total. The van der Waals surface area contributed by atoms with Crippen LogP contribution in [-0.4, -0.2) is 12.6 Å².